The Bertz CT molecular complexity index is 4410. The fourth-order valence-corrected chi connectivity index (χ4v) is 16.5. The maximum absolute atomic E-state index is 12.7. The van der Waals surface area contributed by atoms with Gasteiger partial charge in [0, 0.05) is 80.6 Å². The molecule has 0 aliphatic carbocycles. The van der Waals surface area contributed by atoms with Crippen LogP contribution >= 0.6 is 70.5 Å². The minimum Gasteiger partial charge on any atom is -0.479 e. The van der Waals surface area contributed by atoms with Gasteiger partial charge in [0.15, 0.2) is 51.7 Å². The summed E-state index contributed by atoms with van der Waals surface area (Å²) < 4.78 is 124. The number of thioether (sulfide) groups is 2. The Morgan fingerprint density at radius 3 is 1.32 bits per heavy atom. The van der Waals surface area contributed by atoms with E-state index >= 15 is 0 Å². The molecule has 6 heterocycles. The predicted octanol–water partition coefficient (Wildman–Crippen LogP) is -1.76. The van der Waals surface area contributed by atoms with Gasteiger partial charge < -0.3 is 117 Å². The van der Waals surface area contributed by atoms with Crippen molar-refractivity contribution in [2.24, 2.45) is 10.8 Å². The lowest BCUT2D eigenvalue weighted by atomic mass is 9.87. The highest BCUT2D eigenvalue weighted by Crippen LogP contribution is 2.63. The standard InChI is InChI=1S/C26H42N7O18P3S.C26H42N7O17P3S.C5H8O3/c1-4-14(34)9-17(36)55-8-7-28-16(35)5-6-29-24(39)21(38)26(2,3)11-48-54(45,46)51-53(43,44)47-10-15-20(50-52(40,41)42)19(37)25(49-15)33-13-32-18-22(27)30-12-31-23(18)33;1-4-5-6-17(35)54-10-9-28-16(34)7-8-29-24(38)21(37)26(2,3)12-47-53(44,45)50-52(42,43)46-11-15-20(49-51(39,40)41)19(36)25(48-15)33-14-32-18-22(27)30-13-31-23(18)33;1-2-3-4(6)5(7)8/h4,12-15,19-21,25,34,37-38H,1,5-11H2,2-3H3,(H,28,35)(H,29,39)(H,43,44)(H,45,46)(H2,27,30,31)(H2,40,41,42);4-5,13-15,19-21,25,36-37H,6-12H2,1-3H3,(H,28,34)(H,29,38)(H,42,43)(H,44,45)(H2,27,30,31)(H2,39,40,41);2,4,6H,1,3H2,(H,7,8)/t14?,15-,19-,20-,21+,25-;15-,19-,20-,21+,25-;/m11./s1. The third-order valence-corrected chi connectivity index (χ3v) is 23.4. The molecular formula is C57H92N14O38P6S2. The smallest absolute Gasteiger partial charge is 0.479 e. The Kier molecular flexibility index (Phi) is 40.6. The number of amides is 4. The third kappa shape index (κ3) is 35.0. The van der Waals surface area contributed by atoms with Crippen LogP contribution in [-0.4, -0.2) is 279 Å². The Morgan fingerprint density at radius 2 is 0.974 bits per heavy atom. The average molecular weight is 1830 g/mol. The summed E-state index contributed by atoms with van der Waals surface area (Å²) in [5.41, 5.74) is 8.48. The van der Waals surface area contributed by atoms with Crippen molar-refractivity contribution in [3.63, 3.8) is 0 Å². The van der Waals surface area contributed by atoms with Gasteiger partial charge in [-0.2, -0.15) is 8.62 Å². The largest absolute Gasteiger partial charge is 0.481 e. The lowest BCUT2D eigenvalue weighted by molar-refractivity contribution is -0.146. The molecule has 60 heteroatoms. The molecule has 16 atom stereocenters. The molecule has 2 fully saturated rings. The van der Waals surface area contributed by atoms with Crippen LogP contribution in [0, 0.1) is 10.8 Å². The van der Waals surface area contributed by atoms with Crippen molar-refractivity contribution in [1.82, 2.24) is 60.3 Å². The molecule has 0 saturated carbocycles. The number of imidazole rings is 2. The molecule has 2 saturated heterocycles. The number of allylic oxidation sites excluding steroid dienone is 2. The van der Waals surface area contributed by atoms with Crippen LogP contribution in [0.4, 0.5) is 11.6 Å². The number of nitrogens with two attached hydrogens (primary N) is 2. The second kappa shape index (κ2) is 46.1. The summed E-state index contributed by atoms with van der Waals surface area (Å²) in [5.74, 6) is -3.61. The van der Waals surface area contributed by atoms with Gasteiger partial charge in [0.2, 0.25) is 23.6 Å². The fourth-order valence-electron chi connectivity index (χ4n) is 9.43. The zero-order valence-corrected chi connectivity index (χ0v) is 69.4. The molecule has 0 bridgehead atoms. The number of aliphatic hydroxyl groups is 6. The first-order valence-corrected chi connectivity index (χ1v) is 44.7. The summed E-state index contributed by atoms with van der Waals surface area (Å²) in [4.78, 5) is 184. The molecule has 23 N–H and O–H groups in total. The van der Waals surface area contributed by atoms with Crippen LogP contribution < -0.4 is 32.7 Å². The van der Waals surface area contributed by atoms with E-state index in [0.29, 0.717) is 5.75 Å². The molecule has 0 spiro atoms. The van der Waals surface area contributed by atoms with Crippen LogP contribution in [0.15, 0.2) is 62.8 Å². The molecule has 4 amide bonds. The Hall–Kier alpha value is -6.27. The monoisotopic (exact) mass is 1830 g/mol. The number of aromatic nitrogens is 8. The van der Waals surface area contributed by atoms with Gasteiger partial charge >= 0.3 is 52.9 Å². The van der Waals surface area contributed by atoms with E-state index in [4.69, 9.17) is 49.2 Å². The van der Waals surface area contributed by atoms with Crippen molar-refractivity contribution in [3.05, 3.63) is 62.8 Å². The topological polar surface area (TPSA) is 805 Å². The number of rotatable bonds is 46. The van der Waals surface area contributed by atoms with E-state index in [1.165, 1.54) is 39.8 Å². The number of carboxylic acids is 1. The van der Waals surface area contributed by atoms with Gasteiger partial charge in [-0.25, -0.2) is 62.1 Å². The maximum Gasteiger partial charge on any atom is 0.481 e. The number of carbonyl (C=O) groups is 7. The Morgan fingerprint density at radius 1 is 0.590 bits per heavy atom. The molecule has 6 rings (SSSR count). The van der Waals surface area contributed by atoms with E-state index in [9.17, 15) is 126 Å². The highest BCUT2D eigenvalue weighted by molar-refractivity contribution is 8.13. The first-order chi connectivity index (χ1) is 54.2. The van der Waals surface area contributed by atoms with Crippen LogP contribution in [-0.2, 0) is 106 Å². The average Bonchev–Trinajstić information content (AvgIpc) is 1.62. The number of nitrogens with zero attached hydrogens (tertiary/aromatic N) is 8. The molecule has 117 heavy (non-hydrogen) atoms. The van der Waals surface area contributed by atoms with Gasteiger partial charge in [-0.05, 0) is 6.92 Å². The molecule has 6 unspecified atom stereocenters. The van der Waals surface area contributed by atoms with Gasteiger partial charge in [0.1, 0.15) is 72.5 Å². The summed E-state index contributed by atoms with van der Waals surface area (Å²) in [6.07, 6.45) is -9.87. The van der Waals surface area contributed by atoms with Gasteiger partial charge in [0.25, 0.3) is 0 Å². The van der Waals surface area contributed by atoms with Gasteiger partial charge in [-0.15, -0.1) is 13.2 Å². The van der Waals surface area contributed by atoms with E-state index in [-0.39, 0.29) is 108 Å². The van der Waals surface area contributed by atoms with Crippen LogP contribution in [0.25, 0.3) is 22.3 Å². The van der Waals surface area contributed by atoms with E-state index in [2.05, 4.69) is 82.0 Å². The van der Waals surface area contributed by atoms with Crippen molar-refractivity contribution in [3.8, 4) is 0 Å². The molecule has 2 aliphatic rings. The van der Waals surface area contributed by atoms with E-state index in [1.807, 2.05) is 0 Å². The number of anilines is 2. The van der Waals surface area contributed by atoms with E-state index in [0.717, 1.165) is 58.0 Å². The molecule has 4 aromatic heterocycles. The maximum atomic E-state index is 12.7. The number of carboxylic acid groups (broad SMARTS) is 1. The van der Waals surface area contributed by atoms with Crippen LogP contribution in [0.5, 0.6) is 0 Å². The summed E-state index contributed by atoms with van der Waals surface area (Å²) in [6, 6.07) is 0. The lowest BCUT2D eigenvalue weighted by Gasteiger charge is -2.30. The number of phosphoric acid groups is 6. The van der Waals surface area contributed by atoms with Crippen molar-refractivity contribution in [2.75, 3.05) is 75.6 Å². The Balaban J connectivity index is 0.000000449. The number of hydrogen-bond acceptors (Lipinski definition) is 39. The summed E-state index contributed by atoms with van der Waals surface area (Å²) in [7, 11) is -32.8. The number of fused-ring (bicyclic) bond motifs is 2. The van der Waals surface area contributed by atoms with Crippen molar-refractivity contribution < 1.29 is 181 Å². The SMILES string of the molecule is C=CC(O)CC(=O)SCCNC(=O)CCNC(=O)[C@H](O)C(C)(C)COP(=O)(O)OP(=O)(O)OC[C@H]1O[C@@H](n2cnc3c(N)ncnc32)[C@H](O)[C@@H]1OP(=O)(O)O.C=CCC(O)C(=O)O.CC=CCC(=O)SCCNC(=O)CCNC(=O)[C@H](O)C(C)(C)COP(=O)(O)OP(=O)(O)OC[C@H]1O[C@@H](n2cnc3c(N)ncnc32)[C@H](O)[C@@H]1OP(=O)(O)O. The summed E-state index contributed by atoms with van der Waals surface area (Å²) >= 11 is 1.97. The first-order valence-electron chi connectivity index (χ1n) is 33.7. The predicted molar refractivity (Wildman–Crippen MR) is 403 cm³/mol. The molecule has 4 aromatic rings. The number of ether oxygens (including phenoxy) is 2. The second-order valence-corrected chi connectivity index (χ2v) is 36.5. The number of phosphoric ester groups is 6. The van der Waals surface area contributed by atoms with Gasteiger partial charge in [-0.1, -0.05) is 75.5 Å². The second-order valence-electron chi connectivity index (χ2n) is 25.7. The third-order valence-electron chi connectivity index (χ3n) is 15.4. The molecular weight excluding hydrogens is 1740 g/mol. The zero-order chi connectivity index (χ0) is 88.4. The Labute approximate surface area is 672 Å². The normalized spacial score (nSPS) is 21.6. The van der Waals surface area contributed by atoms with Crippen molar-refractivity contribution in [2.45, 2.75) is 140 Å². The number of hydrogen-bond donors (Lipinski definition) is 21. The quantitative estimate of drug-likeness (QED) is 0.0132. The molecule has 52 nitrogen and oxygen atoms in total. The van der Waals surface area contributed by atoms with Crippen LogP contribution in [0.1, 0.15) is 79.2 Å². The highest BCUT2D eigenvalue weighted by atomic mass is 32.2. The van der Waals surface area contributed by atoms with Gasteiger partial charge in [0.05, 0.1) is 45.2 Å². The minimum absolute atomic E-state index is 0.0242. The van der Waals surface area contributed by atoms with Crippen LogP contribution in [0.3, 0.4) is 0 Å². The van der Waals surface area contributed by atoms with Crippen molar-refractivity contribution >= 4 is 144 Å². The molecule has 2 aliphatic heterocycles. The molecule has 660 valence electrons. The number of nitrogen functional groups attached to an aromatic ring is 2. The van der Waals surface area contributed by atoms with Crippen molar-refractivity contribution in [1.29, 1.82) is 0 Å². The lowest BCUT2D eigenvalue weighted by Crippen LogP contribution is -2.46. The van der Waals surface area contributed by atoms with E-state index in [1.54, 1.807) is 19.1 Å². The molecule has 0 aromatic carbocycles. The number of aliphatic hydroxyl groups excluding tert-OH is 6. The zero-order valence-electron chi connectivity index (χ0n) is 62.4. The molecule has 0 radical (unpaired) electrons. The fraction of sp³-hybridized carbons (Fsp3) is 0.596. The minimum atomic E-state index is -5.58. The summed E-state index contributed by atoms with van der Waals surface area (Å²) in [5, 5.41) is 78.0. The van der Waals surface area contributed by atoms with Gasteiger partial charge in [-0.3, -0.25) is 65.0 Å². The highest BCUT2D eigenvalue weighted by Gasteiger charge is 2.53. The number of aliphatic carboxylic acids is 1. The number of carbonyl (C=O) groups excluding carboxylic acids is 6. The van der Waals surface area contributed by atoms with E-state index < -0.39 is 187 Å². The number of nitrogens with one attached hydrogen (secondary N) is 4. The summed E-state index contributed by atoms with van der Waals surface area (Å²) in [6.45, 7) is 9.23. The van der Waals surface area contributed by atoms with Crippen LogP contribution in [0.2, 0.25) is 0 Å². The first kappa shape index (κ1) is 103.